The summed E-state index contributed by atoms with van der Waals surface area (Å²) < 4.78 is 5.02. The van der Waals surface area contributed by atoms with Crippen molar-refractivity contribution in [3.8, 4) is 0 Å². The Morgan fingerprint density at radius 1 is 1.40 bits per heavy atom. The van der Waals surface area contributed by atoms with Gasteiger partial charge in [0.1, 0.15) is 6.10 Å². The SMILES string of the molecule is O=C1NC2CCCCC2O1. The van der Waals surface area contributed by atoms with Gasteiger partial charge in [-0.3, -0.25) is 0 Å². The number of ether oxygens (including phenoxy) is 1. The van der Waals surface area contributed by atoms with Gasteiger partial charge in [-0.2, -0.15) is 0 Å². The molecular formula is C7H11NO2. The number of rotatable bonds is 0. The molecule has 2 fully saturated rings. The van der Waals surface area contributed by atoms with Crippen LogP contribution in [0.2, 0.25) is 0 Å². The van der Waals surface area contributed by atoms with Gasteiger partial charge in [0.2, 0.25) is 0 Å². The molecule has 3 nitrogen and oxygen atoms in total. The zero-order valence-electron chi connectivity index (χ0n) is 5.80. The van der Waals surface area contributed by atoms with Crippen LogP contribution in [0.25, 0.3) is 0 Å². The molecule has 1 saturated carbocycles. The smallest absolute Gasteiger partial charge is 0.407 e. The molecule has 1 N–H and O–H groups in total. The minimum atomic E-state index is -0.225. The first-order valence-electron chi connectivity index (χ1n) is 3.83. The van der Waals surface area contributed by atoms with E-state index in [1.807, 2.05) is 0 Å². The van der Waals surface area contributed by atoms with E-state index >= 15 is 0 Å². The largest absolute Gasteiger partial charge is 0.444 e. The van der Waals surface area contributed by atoms with Gasteiger partial charge in [0, 0.05) is 0 Å². The molecule has 0 aromatic rings. The van der Waals surface area contributed by atoms with E-state index in [-0.39, 0.29) is 12.2 Å². The molecule has 1 saturated heterocycles. The van der Waals surface area contributed by atoms with Gasteiger partial charge in [-0.1, -0.05) is 6.42 Å². The summed E-state index contributed by atoms with van der Waals surface area (Å²) in [4.78, 5) is 10.7. The van der Waals surface area contributed by atoms with Crippen molar-refractivity contribution in [3.63, 3.8) is 0 Å². The van der Waals surface area contributed by atoms with E-state index in [4.69, 9.17) is 4.74 Å². The highest BCUT2D eigenvalue weighted by Gasteiger charge is 2.35. The van der Waals surface area contributed by atoms with E-state index in [0.717, 1.165) is 12.8 Å². The van der Waals surface area contributed by atoms with Gasteiger partial charge in [-0.05, 0) is 19.3 Å². The van der Waals surface area contributed by atoms with Crippen LogP contribution in [0.15, 0.2) is 0 Å². The Bertz CT molecular complexity index is 142. The fourth-order valence-corrected chi connectivity index (χ4v) is 1.73. The molecule has 56 valence electrons. The van der Waals surface area contributed by atoms with E-state index in [0.29, 0.717) is 6.04 Å². The van der Waals surface area contributed by atoms with E-state index in [9.17, 15) is 4.79 Å². The predicted octanol–water partition coefficient (Wildman–Crippen LogP) is 1.04. The summed E-state index contributed by atoms with van der Waals surface area (Å²) in [5, 5.41) is 2.79. The second-order valence-corrected chi connectivity index (χ2v) is 2.98. The van der Waals surface area contributed by atoms with Gasteiger partial charge in [0.05, 0.1) is 6.04 Å². The Balaban J connectivity index is 2.04. The summed E-state index contributed by atoms with van der Waals surface area (Å²) >= 11 is 0. The van der Waals surface area contributed by atoms with Crippen LogP contribution in [-0.2, 0) is 4.74 Å². The highest BCUT2D eigenvalue weighted by Crippen LogP contribution is 2.24. The van der Waals surface area contributed by atoms with Crippen LogP contribution in [-0.4, -0.2) is 18.2 Å². The van der Waals surface area contributed by atoms with Crippen LogP contribution >= 0.6 is 0 Å². The monoisotopic (exact) mass is 141 g/mol. The van der Waals surface area contributed by atoms with Crippen molar-refractivity contribution < 1.29 is 9.53 Å². The van der Waals surface area contributed by atoms with E-state index in [2.05, 4.69) is 5.32 Å². The number of carbonyl (C=O) groups excluding carboxylic acids is 1. The topological polar surface area (TPSA) is 38.3 Å². The summed E-state index contributed by atoms with van der Waals surface area (Å²) in [7, 11) is 0. The Kier molecular flexibility index (Phi) is 1.29. The van der Waals surface area contributed by atoms with Gasteiger partial charge < -0.3 is 10.1 Å². The molecule has 1 heterocycles. The van der Waals surface area contributed by atoms with Gasteiger partial charge in [-0.25, -0.2) is 4.79 Å². The Morgan fingerprint density at radius 3 is 3.00 bits per heavy atom. The van der Waals surface area contributed by atoms with Gasteiger partial charge in [0.25, 0.3) is 0 Å². The minimum absolute atomic E-state index is 0.182. The third kappa shape index (κ3) is 0.856. The lowest BCUT2D eigenvalue weighted by Gasteiger charge is -2.21. The summed E-state index contributed by atoms with van der Waals surface area (Å²) in [6.45, 7) is 0. The second kappa shape index (κ2) is 2.15. The Labute approximate surface area is 59.7 Å². The minimum Gasteiger partial charge on any atom is -0.444 e. The predicted molar refractivity (Wildman–Crippen MR) is 35.7 cm³/mol. The number of nitrogens with one attached hydrogen (secondary N) is 1. The van der Waals surface area contributed by atoms with Gasteiger partial charge in [0.15, 0.2) is 0 Å². The zero-order chi connectivity index (χ0) is 6.97. The van der Waals surface area contributed by atoms with Crippen molar-refractivity contribution in [1.29, 1.82) is 0 Å². The van der Waals surface area contributed by atoms with E-state index < -0.39 is 0 Å². The second-order valence-electron chi connectivity index (χ2n) is 2.98. The van der Waals surface area contributed by atoms with Crippen LogP contribution in [0, 0.1) is 0 Å². The van der Waals surface area contributed by atoms with E-state index in [1.165, 1.54) is 12.8 Å². The van der Waals surface area contributed by atoms with Crippen LogP contribution in [0.5, 0.6) is 0 Å². The molecule has 1 aliphatic carbocycles. The third-order valence-corrected chi connectivity index (χ3v) is 2.26. The van der Waals surface area contributed by atoms with Crippen molar-refractivity contribution in [3.05, 3.63) is 0 Å². The molecular weight excluding hydrogens is 130 g/mol. The van der Waals surface area contributed by atoms with Crippen LogP contribution in [0.3, 0.4) is 0 Å². The maximum Gasteiger partial charge on any atom is 0.407 e. The molecule has 0 aromatic heterocycles. The van der Waals surface area contributed by atoms with E-state index in [1.54, 1.807) is 0 Å². The fourth-order valence-electron chi connectivity index (χ4n) is 1.73. The first-order valence-corrected chi connectivity index (χ1v) is 3.83. The number of hydrogen-bond acceptors (Lipinski definition) is 2. The summed E-state index contributed by atoms with van der Waals surface area (Å²) in [6, 6.07) is 0.321. The van der Waals surface area contributed by atoms with Crippen molar-refractivity contribution in [2.24, 2.45) is 0 Å². The normalized spacial score (nSPS) is 38.2. The summed E-state index contributed by atoms with van der Waals surface area (Å²) in [5.74, 6) is 0. The number of amides is 1. The summed E-state index contributed by atoms with van der Waals surface area (Å²) in [5.41, 5.74) is 0. The first kappa shape index (κ1) is 6.01. The van der Waals surface area contributed by atoms with Crippen molar-refractivity contribution in [1.82, 2.24) is 5.32 Å². The molecule has 2 rings (SSSR count). The maximum atomic E-state index is 10.7. The number of carbonyl (C=O) groups is 1. The van der Waals surface area contributed by atoms with Crippen LogP contribution < -0.4 is 5.32 Å². The Morgan fingerprint density at radius 2 is 2.20 bits per heavy atom. The average molecular weight is 141 g/mol. The van der Waals surface area contributed by atoms with Gasteiger partial charge >= 0.3 is 6.09 Å². The number of alkyl carbamates (subject to hydrolysis) is 1. The molecule has 0 aromatic carbocycles. The lowest BCUT2D eigenvalue weighted by atomic mass is 9.93. The molecule has 0 bridgehead atoms. The molecule has 1 aliphatic heterocycles. The van der Waals surface area contributed by atoms with Crippen molar-refractivity contribution in [2.45, 2.75) is 37.8 Å². The van der Waals surface area contributed by atoms with Crippen LogP contribution in [0.4, 0.5) is 4.79 Å². The maximum absolute atomic E-state index is 10.7. The average Bonchev–Trinajstić information content (AvgIpc) is 2.27. The fraction of sp³-hybridized carbons (Fsp3) is 0.857. The molecule has 1 amide bonds. The highest BCUT2D eigenvalue weighted by molar-refractivity contribution is 5.70. The third-order valence-electron chi connectivity index (χ3n) is 2.26. The quantitative estimate of drug-likeness (QED) is 0.547. The highest BCUT2D eigenvalue weighted by atomic mass is 16.6. The molecule has 2 atom stereocenters. The van der Waals surface area contributed by atoms with Gasteiger partial charge in [-0.15, -0.1) is 0 Å². The zero-order valence-corrected chi connectivity index (χ0v) is 5.80. The first-order chi connectivity index (χ1) is 4.86. The Hall–Kier alpha value is -0.730. The van der Waals surface area contributed by atoms with Crippen molar-refractivity contribution >= 4 is 6.09 Å². The van der Waals surface area contributed by atoms with Crippen LogP contribution in [0.1, 0.15) is 25.7 Å². The lowest BCUT2D eigenvalue weighted by Crippen LogP contribution is -2.33. The van der Waals surface area contributed by atoms with Crippen molar-refractivity contribution in [2.75, 3.05) is 0 Å². The molecule has 0 radical (unpaired) electrons. The molecule has 2 aliphatic rings. The number of fused-ring (bicyclic) bond motifs is 1. The molecule has 3 heteroatoms. The summed E-state index contributed by atoms with van der Waals surface area (Å²) in [6.07, 6.45) is 4.53. The molecule has 10 heavy (non-hydrogen) atoms. The molecule has 0 spiro atoms. The lowest BCUT2D eigenvalue weighted by molar-refractivity contribution is 0.113. The number of hydrogen-bond donors (Lipinski definition) is 1. The molecule has 2 unspecified atom stereocenters. The standard InChI is InChI=1S/C7H11NO2/c9-7-8-5-3-1-2-4-6(5)10-7/h5-6H,1-4H2,(H,8,9).